The number of carboxylic acid groups (broad SMARTS) is 1. The number of alkyl halides is 1. The van der Waals surface area contributed by atoms with Crippen LogP contribution in [0.4, 0.5) is 10.1 Å². The molecular weight excluding hydrogens is 876 g/mol. The minimum atomic E-state index is -2.10. The fraction of sp³-hybridized carbons (Fsp3) is 0.521. The Labute approximate surface area is 386 Å². The van der Waals surface area contributed by atoms with Crippen molar-refractivity contribution in [1.82, 2.24) is 16.0 Å². The predicted octanol–water partition coefficient (Wildman–Crippen LogP) is 3.20. The van der Waals surface area contributed by atoms with E-state index in [2.05, 4.69) is 33.9 Å². The van der Waals surface area contributed by atoms with Gasteiger partial charge in [0.05, 0.1) is 23.9 Å². The first-order chi connectivity index (χ1) is 31.2. The summed E-state index contributed by atoms with van der Waals surface area (Å²) in [5.74, 6) is -5.37. The maximum absolute atomic E-state index is 17.7. The van der Waals surface area contributed by atoms with Crippen molar-refractivity contribution in [2.75, 3.05) is 18.5 Å². The van der Waals surface area contributed by atoms with Crippen molar-refractivity contribution >= 4 is 59.5 Å². The highest BCUT2D eigenvalue weighted by atomic mass is 32.1. The summed E-state index contributed by atoms with van der Waals surface area (Å²) in [7, 11) is 0. The van der Waals surface area contributed by atoms with Crippen LogP contribution in [0.15, 0.2) is 72.3 Å². The molecule has 0 radical (unpaired) electrons. The molecule has 1 saturated heterocycles. The molecule has 5 aliphatic rings. The molecule has 66 heavy (non-hydrogen) atoms. The Morgan fingerprint density at radius 1 is 0.955 bits per heavy atom. The van der Waals surface area contributed by atoms with Crippen molar-refractivity contribution < 1.29 is 62.7 Å². The molecular formula is C48H57FN4O12S. The summed E-state index contributed by atoms with van der Waals surface area (Å²) in [6, 6.07) is 12.6. The van der Waals surface area contributed by atoms with Gasteiger partial charge in [-0.1, -0.05) is 55.0 Å². The maximum Gasteiger partial charge on any atom is 0.304 e. The van der Waals surface area contributed by atoms with Gasteiger partial charge in [0.15, 0.2) is 29.1 Å². The number of nitrogens with one attached hydrogen (secondary N) is 4. The number of amides is 4. The SMILES string of the molecule is C[C@H](NC(=O)CCNC(=O)C(S)CC(=O)O)C(=O)N[C@@H](C)C(=O)Nc1cccc(Cc2ccc([C@@H]3O[C@@H]4C[C@H]5[C@@H]6CCC7=CC(=O)C=C[C@]7(C)[C@@]6(F)[C@@H](O)C[C@]5(C)[C@]4(C(=O)CO)O3)cc2)c1. The van der Waals surface area contributed by atoms with Gasteiger partial charge in [0.25, 0.3) is 0 Å². The summed E-state index contributed by atoms with van der Waals surface area (Å²) in [4.78, 5) is 87.0. The third kappa shape index (κ3) is 8.73. The third-order valence-corrected chi connectivity index (χ3v) is 15.1. The monoisotopic (exact) mass is 932 g/mol. The minimum Gasteiger partial charge on any atom is -0.481 e. The molecule has 0 aromatic heterocycles. The average Bonchev–Trinajstić information content (AvgIpc) is 3.77. The van der Waals surface area contributed by atoms with Crippen LogP contribution in [0.5, 0.6) is 0 Å². The third-order valence-electron chi connectivity index (χ3n) is 14.6. The first kappa shape index (κ1) is 48.7. The van der Waals surface area contributed by atoms with E-state index >= 15 is 4.39 Å². The topological polar surface area (TPSA) is 247 Å². The van der Waals surface area contributed by atoms with Gasteiger partial charge in [0, 0.05) is 41.0 Å². The molecule has 16 nitrogen and oxygen atoms in total. The van der Waals surface area contributed by atoms with E-state index < -0.39 is 118 Å². The first-order valence-electron chi connectivity index (χ1n) is 22.2. The Balaban J connectivity index is 0.938. The van der Waals surface area contributed by atoms with Crippen LogP contribution in [-0.2, 0) is 49.5 Å². The van der Waals surface area contributed by atoms with Gasteiger partial charge in [-0.25, -0.2) is 4.39 Å². The number of rotatable bonds is 16. The Kier molecular flexibility index (Phi) is 13.8. The summed E-state index contributed by atoms with van der Waals surface area (Å²) in [6.07, 6.45) is 1.99. The fourth-order valence-electron chi connectivity index (χ4n) is 11.2. The molecule has 2 aromatic rings. The van der Waals surface area contributed by atoms with Crippen LogP contribution >= 0.6 is 12.6 Å². The number of carbonyl (C=O) groups excluding carboxylic acids is 6. The van der Waals surface area contributed by atoms with Gasteiger partial charge in [-0.3, -0.25) is 33.6 Å². The van der Waals surface area contributed by atoms with Gasteiger partial charge in [0.2, 0.25) is 23.6 Å². The van der Waals surface area contributed by atoms with Crippen LogP contribution < -0.4 is 21.3 Å². The van der Waals surface area contributed by atoms with Gasteiger partial charge >= 0.3 is 5.97 Å². The quantitative estimate of drug-likeness (QED) is 0.113. The Morgan fingerprint density at radius 3 is 2.36 bits per heavy atom. The number of hydrogen-bond donors (Lipinski definition) is 8. The lowest BCUT2D eigenvalue weighted by molar-refractivity contribution is -0.231. The van der Waals surface area contributed by atoms with Gasteiger partial charge in [-0.2, -0.15) is 12.6 Å². The molecule has 4 aliphatic carbocycles. The molecule has 4 amide bonds. The number of hydrogen-bond acceptors (Lipinski definition) is 12. The Hall–Kier alpha value is -5.27. The molecule has 354 valence electrons. The van der Waals surface area contributed by atoms with E-state index in [0.717, 1.165) is 11.1 Å². The molecule has 0 spiro atoms. The number of thiol groups is 1. The second-order valence-electron chi connectivity index (χ2n) is 18.7. The van der Waals surface area contributed by atoms with Crippen LogP contribution in [0.3, 0.4) is 0 Å². The number of ether oxygens (including phenoxy) is 2. The zero-order chi connectivity index (χ0) is 47.9. The van der Waals surface area contributed by atoms with Crippen LogP contribution in [0.2, 0.25) is 0 Å². The highest BCUT2D eigenvalue weighted by Crippen LogP contribution is 2.72. The minimum absolute atomic E-state index is 0.0947. The van der Waals surface area contributed by atoms with Crippen molar-refractivity contribution in [2.24, 2.45) is 22.7 Å². The lowest BCUT2D eigenvalue weighted by Gasteiger charge is -2.62. The normalized spacial score (nSPS) is 32.0. The smallest absolute Gasteiger partial charge is 0.304 e. The highest BCUT2D eigenvalue weighted by molar-refractivity contribution is 7.81. The van der Waals surface area contributed by atoms with Crippen molar-refractivity contribution in [2.45, 2.75) is 120 Å². The lowest BCUT2D eigenvalue weighted by atomic mass is 9.44. The van der Waals surface area contributed by atoms with E-state index in [1.165, 1.54) is 26.0 Å². The zero-order valence-electron chi connectivity index (χ0n) is 37.2. The van der Waals surface area contributed by atoms with E-state index in [4.69, 9.17) is 14.6 Å². The number of Topliss-reactive ketones (excluding diaryl/α,β-unsaturated/α-hetero) is 1. The van der Waals surface area contributed by atoms with Gasteiger partial charge < -0.3 is 46.1 Å². The van der Waals surface area contributed by atoms with Crippen molar-refractivity contribution in [3.05, 3.63) is 89.0 Å². The Morgan fingerprint density at radius 2 is 1.67 bits per heavy atom. The van der Waals surface area contributed by atoms with Crippen LogP contribution in [-0.4, -0.2) is 110 Å². The predicted molar refractivity (Wildman–Crippen MR) is 239 cm³/mol. The summed E-state index contributed by atoms with van der Waals surface area (Å²) >= 11 is 3.92. The molecule has 1 unspecified atom stereocenters. The number of fused-ring (bicyclic) bond motifs is 7. The standard InChI is InChI=1S/C48H57FN4O12S/c1-25(51-39(58)15-17-50-43(63)35(66)22-40(59)60)41(61)52-26(2)42(62)53-31-7-5-6-28(19-31)18-27-8-10-29(11-9-27)44-64-38-21-34-33-13-12-30-20-32(55)14-16-45(30,3)47(33,49)36(56)23-46(34,4)48(38,65-44)37(57)24-54/h5-11,14,16,19-20,25-26,33-36,38,44,54,56,66H,12-13,15,17-18,21-24H2,1-4H3,(H,50,63)(H,51,58)(H,52,61)(H,53,62)(H,59,60)/t25-,26-,33-,34-,35?,36-,38+,44+,45-,46-,47-,48+/m0/s1. The number of ketones is 2. The van der Waals surface area contributed by atoms with E-state index in [0.29, 0.717) is 36.1 Å². The van der Waals surface area contributed by atoms with E-state index in [1.54, 1.807) is 31.2 Å². The number of aliphatic hydroxyl groups excluding tert-OH is 2. The fourth-order valence-corrected chi connectivity index (χ4v) is 11.5. The summed E-state index contributed by atoms with van der Waals surface area (Å²) in [5.41, 5.74) is -2.48. The molecule has 4 fully saturated rings. The number of halogens is 1. The molecule has 0 bridgehead atoms. The molecule has 1 heterocycles. The van der Waals surface area contributed by atoms with E-state index in [9.17, 15) is 43.8 Å². The number of carboxylic acids is 1. The number of allylic oxidation sites excluding steroid dienone is 4. The average molecular weight is 933 g/mol. The van der Waals surface area contributed by atoms with Crippen molar-refractivity contribution in [3.63, 3.8) is 0 Å². The van der Waals surface area contributed by atoms with Crippen LogP contribution in [0, 0.1) is 22.7 Å². The number of carbonyl (C=O) groups is 7. The molecule has 7 rings (SSSR count). The number of benzene rings is 2. The molecule has 2 aromatic carbocycles. The highest BCUT2D eigenvalue weighted by Gasteiger charge is 2.79. The maximum atomic E-state index is 17.7. The summed E-state index contributed by atoms with van der Waals surface area (Å²) in [6.45, 7) is 5.60. The summed E-state index contributed by atoms with van der Waals surface area (Å²) < 4.78 is 30.9. The molecule has 12 atom stereocenters. The molecule has 1 aliphatic heterocycles. The molecule has 3 saturated carbocycles. The molecule has 7 N–H and O–H groups in total. The second-order valence-corrected chi connectivity index (χ2v) is 19.3. The van der Waals surface area contributed by atoms with Gasteiger partial charge in [0.1, 0.15) is 18.7 Å². The Bertz CT molecular complexity index is 2360. The van der Waals surface area contributed by atoms with Gasteiger partial charge in [-0.15, -0.1) is 0 Å². The van der Waals surface area contributed by atoms with Crippen LogP contribution in [0.1, 0.15) is 89.2 Å². The number of aliphatic hydroxyl groups is 2. The largest absolute Gasteiger partial charge is 0.481 e. The van der Waals surface area contributed by atoms with E-state index in [-0.39, 0.29) is 31.6 Å². The lowest BCUT2D eigenvalue weighted by Crippen LogP contribution is -2.69. The second kappa shape index (κ2) is 18.8. The van der Waals surface area contributed by atoms with Crippen LogP contribution in [0.25, 0.3) is 0 Å². The number of aliphatic carboxylic acids is 1. The molecule has 18 heteroatoms. The van der Waals surface area contributed by atoms with Crippen molar-refractivity contribution in [1.29, 1.82) is 0 Å². The first-order valence-corrected chi connectivity index (χ1v) is 22.7. The van der Waals surface area contributed by atoms with Gasteiger partial charge in [-0.05, 0) is 94.2 Å². The zero-order valence-corrected chi connectivity index (χ0v) is 38.1. The van der Waals surface area contributed by atoms with Crippen molar-refractivity contribution in [3.8, 4) is 0 Å². The summed E-state index contributed by atoms with van der Waals surface area (Å²) in [5, 5.41) is 40.2. The van der Waals surface area contributed by atoms with E-state index in [1.807, 2.05) is 37.3 Å². The number of anilines is 1.